The molecule has 0 unspecified atom stereocenters. The van der Waals surface area contributed by atoms with Crippen LogP contribution in [-0.2, 0) is 4.74 Å². The van der Waals surface area contributed by atoms with Crippen LogP contribution in [0.3, 0.4) is 0 Å². The van der Waals surface area contributed by atoms with E-state index in [4.69, 9.17) is 4.74 Å². The number of carbonyl (C=O) groups is 1. The molecule has 0 spiro atoms. The lowest BCUT2D eigenvalue weighted by molar-refractivity contribution is 0.0793. The smallest absolute Gasteiger partial charge is 0.253 e. The van der Waals surface area contributed by atoms with Crippen LogP contribution in [0, 0.1) is 0 Å². The van der Waals surface area contributed by atoms with Crippen LogP contribution < -0.4 is 5.32 Å². The van der Waals surface area contributed by atoms with Crippen molar-refractivity contribution in [2.24, 2.45) is 0 Å². The molecule has 1 amide bonds. The van der Waals surface area contributed by atoms with Crippen molar-refractivity contribution in [1.82, 2.24) is 4.90 Å². The Kier molecular flexibility index (Phi) is 5.70. The maximum absolute atomic E-state index is 12.5. The summed E-state index contributed by atoms with van der Waals surface area (Å²) >= 11 is 0. The Hall–Kier alpha value is -3.01. The van der Waals surface area contributed by atoms with E-state index in [0.29, 0.717) is 6.61 Å². The second kappa shape index (κ2) is 8.56. The summed E-state index contributed by atoms with van der Waals surface area (Å²) in [4.78, 5) is 14.5. The molecule has 2 aliphatic heterocycles. The summed E-state index contributed by atoms with van der Waals surface area (Å²) < 4.78 is 5.59. The van der Waals surface area contributed by atoms with Gasteiger partial charge in [-0.25, -0.2) is 0 Å². The molecule has 150 valence electrons. The molecule has 2 heterocycles. The lowest BCUT2D eigenvalue weighted by Gasteiger charge is -2.15. The Morgan fingerprint density at radius 2 is 1.83 bits per heavy atom. The zero-order chi connectivity index (χ0) is 20.2. The lowest BCUT2D eigenvalue weighted by Crippen LogP contribution is -2.27. The fourth-order valence-electron chi connectivity index (χ4n) is 4.00. The minimum Gasteiger partial charge on any atom is -0.494 e. The third-order valence-corrected chi connectivity index (χ3v) is 5.63. The highest BCUT2D eigenvalue weighted by atomic mass is 16.5. The van der Waals surface area contributed by atoms with Crippen molar-refractivity contribution in [2.75, 3.05) is 31.6 Å². The molecule has 0 saturated carbocycles. The maximum atomic E-state index is 12.5. The van der Waals surface area contributed by atoms with Gasteiger partial charge in [0.05, 0.1) is 6.61 Å². The third-order valence-electron chi connectivity index (χ3n) is 5.63. The van der Waals surface area contributed by atoms with Gasteiger partial charge in [0.15, 0.2) is 0 Å². The molecule has 2 aromatic rings. The lowest BCUT2D eigenvalue weighted by atomic mass is 10.00. The molecular weight excluding hydrogens is 360 g/mol. The molecule has 1 saturated heterocycles. The summed E-state index contributed by atoms with van der Waals surface area (Å²) in [5.41, 5.74) is 6.40. The number of allylic oxidation sites excluding steroid dienone is 1. The average Bonchev–Trinajstić information content (AvgIpc) is 3.20. The predicted octanol–water partition coefficient (Wildman–Crippen LogP) is 5.34. The number of fused-ring (bicyclic) bond motifs is 1. The Balaban J connectivity index is 1.55. The van der Waals surface area contributed by atoms with E-state index >= 15 is 0 Å². The van der Waals surface area contributed by atoms with Crippen LogP contribution in [0.1, 0.15) is 42.1 Å². The number of rotatable bonds is 5. The van der Waals surface area contributed by atoms with Crippen molar-refractivity contribution < 1.29 is 9.53 Å². The zero-order valence-electron chi connectivity index (χ0n) is 17.0. The molecule has 0 atom stereocenters. The number of ether oxygens (including phenoxy) is 1. The van der Waals surface area contributed by atoms with E-state index in [2.05, 4.69) is 36.2 Å². The summed E-state index contributed by atoms with van der Waals surface area (Å²) in [6, 6.07) is 14.4. The number of benzene rings is 2. The fourth-order valence-corrected chi connectivity index (χ4v) is 4.00. The molecule has 4 heteroatoms. The van der Waals surface area contributed by atoms with Crippen LogP contribution in [0.4, 0.5) is 5.69 Å². The molecular formula is C25H28N2O2. The highest BCUT2D eigenvalue weighted by Crippen LogP contribution is 2.31. The third kappa shape index (κ3) is 4.21. The first-order valence-electron chi connectivity index (χ1n) is 10.5. The highest BCUT2D eigenvalue weighted by molar-refractivity contribution is 5.95. The molecule has 0 radical (unpaired) electrons. The summed E-state index contributed by atoms with van der Waals surface area (Å²) in [7, 11) is 0. The van der Waals surface area contributed by atoms with Crippen LogP contribution >= 0.6 is 0 Å². The number of hydrogen-bond acceptors (Lipinski definition) is 3. The fraction of sp³-hybridized carbons (Fsp3) is 0.320. The Bertz CT molecular complexity index is 938. The van der Waals surface area contributed by atoms with E-state index < -0.39 is 0 Å². The van der Waals surface area contributed by atoms with Crippen LogP contribution in [0.15, 0.2) is 60.4 Å². The van der Waals surface area contributed by atoms with Gasteiger partial charge in [-0.1, -0.05) is 30.8 Å². The molecule has 4 nitrogen and oxygen atoms in total. The first kappa shape index (κ1) is 19.3. The van der Waals surface area contributed by atoms with Crippen LogP contribution in [0.25, 0.3) is 17.2 Å². The quantitative estimate of drug-likeness (QED) is 0.703. The van der Waals surface area contributed by atoms with Crippen LogP contribution in [-0.4, -0.2) is 37.0 Å². The molecule has 0 aromatic heterocycles. The molecule has 4 rings (SSSR count). The van der Waals surface area contributed by atoms with Gasteiger partial charge in [-0.2, -0.15) is 0 Å². The minimum absolute atomic E-state index is 0.143. The largest absolute Gasteiger partial charge is 0.494 e. The Morgan fingerprint density at radius 1 is 1.10 bits per heavy atom. The van der Waals surface area contributed by atoms with Crippen molar-refractivity contribution in [3.8, 4) is 11.1 Å². The molecule has 1 N–H and O–H groups in total. The second-order valence-electron chi connectivity index (χ2n) is 7.58. The number of hydrogen-bond donors (Lipinski definition) is 1. The first-order chi connectivity index (χ1) is 14.2. The summed E-state index contributed by atoms with van der Waals surface area (Å²) in [5, 5.41) is 3.52. The second-order valence-corrected chi connectivity index (χ2v) is 7.58. The van der Waals surface area contributed by atoms with Gasteiger partial charge in [-0.3, -0.25) is 4.79 Å². The summed E-state index contributed by atoms with van der Waals surface area (Å²) in [6.45, 7) is 9.26. The van der Waals surface area contributed by atoms with E-state index in [1.807, 2.05) is 36.1 Å². The van der Waals surface area contributed by atoms with E-state index in [1.54, 1.807) is 0 Å². The topological polar surface area (TPSA) is 41.6 Å². The number of nitrogens with zero attached hydrogens (tertiary/aromatic N) is 1. The van der Waals surface area contributed by atoms with Crippen molar-refractivity contribution in [3.63, 3.8) is 0 Å². The van der Waals surface area contributed by atoms with Gasteiger partial charge in [0.1, 0.15) is 5.76 Å². The zero-order valence-corrected chi connectivity index (χ0v) is 17.0. The van der Waals surface area contributed by atoms with E-state index in [0.717, 1.165) is 78.2 Å². The van der Waals surface area contributed by atoms with Crippen molar-refractivity contribution in [2.45, 2.75) is 26.2 Å². The molecule has 0 bridgehead atoms. The van der Waals surface area contributed by atoms with Gasteiger partial charge in [-0.15, -0.1) is 0 Å². The molecule has 2 aromatic carbocycles. The molecule has 0 aliphatic carbocycles. The molecule has 29 heavy (non-hydrogen) atoms. The van der Waals surface area contributed by atoms with Gasteiger partial charge in [-0.05, 0) is 72.7 Å². The van der Waals surface area contributed by atoms with E-state index in [-0.39, 0.29) is 5.91 Å². The van der Waals surface area contributed by atoms with Gasteiger partial charge < -0.3 is 15.0 Å². The number of anilines is 1. The predicted molar refractivity (Wildman–Crippen MR) is 119 cm³/mol. The molecule has 1 fully saturated rings. The maximum Gasteiger partial charge on any atom is 0.253 e. The van der Waals surface area contributed by atoms with Gasteiger partial charge in [0.25, 0.3) is 5.91 Å². The van der Waals surface area contributed by atoms with Gasteiger partial charge in [0.2, 0.25) is 0 Å². The number of carbonyl (C=O) groups excluding carboxylic acids is 1. The first-order valence-corrected chi connectivity index (χ1v) is 10.5. The summed E-state index contributed by atoms with van der Waals surface area (Å²) in [5.74, 6) is 0.898. The van der Waals surface area contributed by atoms with Crippen LogP contribution in [0.5, 0.6) is 0 Å². The Morgan fingerprint density at radius 3 is 2.55 bits per heavy atom. The van der Waals surface area contributed by atoms with Crippen molar-refractivity contribution >= 4 is 17.7 Å². The number of likely N-dealkylation sites (tertiary alicyclic amines) is 1. The molecule has 2 aliphatic rings. The van der Waals surface area contributed by atoms with E-state index in [9.17, 15) is 4.79 Å². The standard InChI is InChI=1S/C25H28N2O2/c1-3-29-18(2)21-12-13-26-24-17-22(10-11-23(24)16-21)19-6-8-20(9-7-19)25(28)27-14-4-5-15-27/h6-11,16-17,26H,2-5,12-15H2,1H3. The Labute approximate surface area is 172 Å². The number of amides is 1. The SMILES string of the molecule is C=C(OCC)C1=Cc2ccc(-c3ccc(C(=O)N4CCCC4)cc3)cc2NCC1. The van der Waals surface area contributed by atoms with Crippen molar-refractivity contribution in [1.29, 1.82) is 0 Å². The monoisotopic (exact) mass is 388 g/mol. The number of nitrogens with one attached hydrogen (secondary N) is 1. The van der Waals surface area contributed by atoms with E-state index in [1.165, 1.54) is 0 Å². The normalized spacial score (nSPS) is 15.8. The minimum atomic E-state index is 0.143. The van der Waals surface area contributed by atoms with Crippen molar-refractivity contribution in [3.05, 3.63) is 71.5 Å². The van der Waals surface area contributed by atoms with Gasteiger partial charge in [0, 0.05) is 30.9 Å². The van der Waals surface area contributed by atoms with Gasteiger partial charge >= 0.3 is 0 Å². The average molecular weight is 389 g/mol. The summed E-state index contributed by atoms with van der Waals surface area (Å²) in [6.07, 6.45) is 5.27. The highest BCUT2D eigenvalue weighted by Gasteiger charge is 2.19. The van der Waals surface area contributed by atoms with Crippen LogP contribution in [0.2, 0.25) is 0 Å².